The van der Waals surface area contributed by atoms with Gasteiger partial charge in [-0.25, -0.2) is 4.79 Å². The summed E-state index contributed by atoms with van der Waals surface area (Å²) in [6, 6.07) is 9.84. The van der Waals surface area contributed by atoms with Crippen LogP contribution in [0.1, 0.15) is 22.8 Å². The van der Waals surface area contributed by atoms with Crippen LogP contribution in [0.15, 0.2) is 36.4 Å². The highest BCUT2D eigenvalue weighted by molar-refractivity contribution is 6.32. The first-order valence-electron chi connectivity index (χ1n) is 8.58. The van der Waals surface area contributed by atoms with E-state index in [4.69, 9.17) is 31.5 Å². The molecule has 2 amide bonds. The van der Waals surface area contributed by atoms with Gasteiger partial charge in [0.15, 0.2) is 24.2 Å². The van der Waals surface area contributed by atoms with Crippen LogP contribution in [0, 0.1) is 6.92 Å². The van der Waals surface area contributed by atoms with Gasteiger partial charge in [0.1, 0.15) is 0 Å². The van der Waals surface area contributed by atoms with E-state index in [0.717, 1.165) is 5.56 Å². The fourth-order valence-corrected chi connectivity index (χ4v) is 2.64. The molecule has 0 aromatic heterocycles. The monoisotopic (exact) mass is 420 g/mol. The zero-order valence-corrected chi connectivity index (χ0v) is 16.9. The highest BCUT2D eigenvalue weighted by Gasteiger charge is 2.22. The number of esters is 1. The number of anilines is 1. The Labute approximate surface area is 172 Å². The fourth-order valence-electron chi connectivity index (χ4n) is 2.37. The number of hydrogen-bond acceptors (Lipinski definition) is 6. The lowest BCUT2D eigenvalue weighted by molar-refractivity contribution is -0.123. The molecule has 2 rings (SSSR count). The van der Waals surface area contributed by atoms with Gasteiger partial charge in [0.05, 0.1) is 17.7 Å². The first-order chi connectivity index (χ1) is 13.7. The van der Waals surface area contributed by atoms with Crippen molar-refractivity contribution in [1.29, 1.82) is 0 Å². The number of carbonyl (C=O) groups is 3. The number of benzene rings is 2. The lowest BCUT2D eigenvalue weighted by atomic mass is 10.2. The Hall–Kier alpha value is -3.26. The quantitative estimate of drug-likeness (QED) is 0.634. The summed E-state index contributed by atoms with van der Waals surface area (Å²) in [6.07, 6.45) is -1.06. The van der Waals surface area contributed by atoms with Crippen LogP contribution >= 0.6 is 11.6 Å². The van der Waals surface area contributed by atoms with Gasteiger partial charge in [0.25, 0.3) is 11.8 Å². The second kappa shape index (κ2) is 9.79. The number of nitrogens with one attached hydrogen (secondary N) is 1. The Balaban J connectivity index is 2.10. The SMILES string of the molecule is COc1cc(C(=O)OC(C)C(=O)Nc2cccc(C)c2)cc(Cl)c1OCC(N)=O. The molecule has 0 bridgehead atoms. The van der Waals surface area contributed by atoms with Gasteiger partial charge in [-0.15, -0.1) is 0 Å². The third-order valence-electron chi connectivity index (χ3n) is 3.76. The summed E-state index contributed by atoms with van der Waals surface area (Å²) in [6.45, 7) is 2.94. The molecule has 0 spiro atoms. The van der Waals surface area contributed by atoms with Gasteiger partial charge in [-0.2, -0.15) is 0 Å². The molecule has 0 radical (unpaired) electrons. The molecule has 8 nitrogen and oxygen atoms in total. The molecule has 0 aliphatic carbocycles. The standard InChI is InChI=1S/C20H21ClN2O6/c1-11-5-4-6-14(7-11)23-19(25)12(2)29-20(26)13-8-15(21)18(16(9-13)27-3)28-10-17(22)24/h4-9,12H,10H2,1-3H3,(H2,22,24)(H,23,25). The number of nitrogens with two attached hydrogens (primary N) is 1. The maximum Gasteiger partial charge on any atom is 0.339 e. The van der Waals surface area contributed by atoms with Gasteiger partial charge >= 0.3 is 5.97 Å². The van der Waals surface area contributed by atoms with Gasteiger partial charge in [-0.3, -0.25) is 9.59 Å². The Kier molecular flexibility index (Phi) is 7.44. The number of aryl methyl sites for hydroxylation is 1. The van der Waals surface area contributed by atoms with Crippen LogP contribution in [0.2, 0.25) is 5.02 Å². The van der Waals surface area contributed by atoms with Gasteiger partial charge in [-0.1, -0.05) is 23.7 Å². The number of primary amides is 1. The van der Waals surface area contributed by atoms with Crippen molar-refractivity contribution in [2.24, 2.45) is 5.73 Å². The lowest BCUT2D eigenvalue weighted by Crippen LogP contribution is -2.30. The molecule has 2 aromatic rings. The van der Waals surface area contributed by atoms with Crippen molar-refractivity contribution in [3.05, 3.63) is 52.5 Å². The number of ether oxygens (including phenoxy) is 3. The van der Waals surface area contributed by atoms with E-state index in [1.165, 1.54) is 26.2 Å². The van der Waals surface area contributed by atoms with E-state index in [-0.39, 0.29) is 22.1 Å². The lowest BCUT2D eigenvalue weighted by Gasteiger charge is -2.16. The molecule has 29 heavy (non-hydrogen) atoms. The third-order valence-corrected chi connectivity index (χ3v) is 4.04. The first-order valence-corrected chi connectivity index (χ1v) is 8.96. The van der Waals surface area contributed by atoms with Crippen LogP contribution in [0.25, 0.3) is 0 Å². The van der Waals surface area contributed by atoms with Gasteiger partial charge in [-0.05, 0) is 43.7 Å². The zero-order valence-electron chi connectivity index (χ0n) is 16.2. The van der Waals surface area contributed by atoms with Crippen LogP contribution in [0.4, 0.5) is 5.69 Å². The Bertz CT molecular complexity index is 931. The van der Waals surface area contributed by atoms with E-state index in [2.05, 4.69) is 5.32 Å². The minimum Gasteiger partial charge on any atom is -0.493 e. The van der Waals surface area contributed by atoms with Crippen molar-refractivity contribution in [2.75, 3.05) is 19.0 Å². The maximum atomic E-state index is 12.4. The molecule has 1 atom stereocenters. The summed E-state index contributed by atoms with van der Waals surface area (Å²) in [5.41, 5.74) is 6.67. The van der Waals surface area contributed by atoms with E-state index in [0.29, 0.717) is 5.69 Å². The van der Waals surface area contributed by atoms with Crippen LogP contribution in [0.5, 0.6) is 11.5 Å². The number of amides is 2. The topological polar surface area (TPSA) is 117 Å². The van der Waals surface area contributed by atoms with Crippen molar-refractivity contribution in [2.45, 2.75) is 20.0 Å². The average Bonchev–Trinajstić information content (AvgIpc) is 2.66. The molecule has 9 heteroatoms. The van der Waals surface area contributed by atoms with E-state index in [1.807, 2.05) is 13.0 Å². The fraction of sp³-hybridized carbons (Fsp3) is 0.250. The summed E-state index contributed by atoms with van der Waals surface area (Å²) in [7, 11) is 1.34. The highest BCUT2D eigenvalue weighted by atomic mass is 35.5. The summed E-state index contributed by atoms with van der Waals surface area (Å²) in [5.74, 6) is -1.78. The van der Waals surface area contributed by atoms with E-state index in [9.17, 15) is 14.4 Å². The molecule has 0 saturated heterocycles. The van der Waals surface area contributed by atoms with Gasteiger partial charge < -0.3 is 25.3 Å². The number of carbonyl (C=O) groups excluding carboxylic acids is 3. The number of rotatable bonds is 8. The van der Waals surface area contributed by atoms with Crippen LogP contribution in [0.3, 0.4) is 0 Å². The second-order valence-electron chi connectivity index (χ2n) is 6.15. The number of halogens is 1. The van der Waals surface area contributed by atoms with Crippen LogP contribution in [-0.4, -0.2) is 37.6 Å². The molecule has 0 saturated carbocycles. The molecular formula is C20H21ClN2O6. The average molecular weight is 421 g/mol. The minimum atomic E-state index is -1.06. The molecule has 0 heterocycles. The maximum absolute atomic E-state index is 12.4. The van der Waals surface area contributed by atoms with Crippen molar-refractivity contribution in [3.63, 3.8) is 0 Å². The minimum absolute atomic E-state index is 0.0226. The first kappa shape index (κ1) is 22.0. The van der Waals surface area contributed by atoms with Gasteiger partial charge in [0, 0.05) is 5.69 Å². The predicted molar refractivity (Wildman–Crippen MR) is 107 cm³/mol. The molecule has 154 valence electrons. The molecule has 2 aromatic carbocycles. The molecule has 0 aliphatic heterocycles. The molecule has 0 fully saturated rings. The summed E-state index contributed by atoms with van der Waals surface area (Å²) >= 11 is 6.12. The number of hydrogen-bond donors (Lipinski definition) is 2. The van der Waals surface area contributed by atoms with Gasteiger partial charge in [0.2, 0.25) is 0 Å². The third kappa shape index (κ3) is 6.11. The molecule has 1 unspecified atom stereocenters. The number of methoxy groups -OCH3 is 1. The highest BCUT2D eigenvalue weighted by Crippen LogP contribution is 2.36. The summed E-state index contributed by atoms with van der Waals surface area (Å²) in [4.78, 5) is 35.6. The second-order valence-corrected chi connectivity index (χ2v) is 6.56. The van der Waals surface area contributed by atoms with E-state index >= 15 is 0 Å². The molecule has 3 N–H and O–H groups in total. The summed E-state index contributed by atoms with van der Waals surface area (Å²) < 4.78 is 15.6. The van der Waals surface area contributed by atoms with Crippen LogP contribution < -0.4 is 20.5 Å². The predicted octanol–water partition coefficient (Wildman–Crippen LogP) is 2.71. The normalized spacial score (nSPS) is 11.3. The Morgan fingerprint density at radius 2 is 1.93 bits per heavy atom. The largest absolute Gasteiger partial charge is 0.493 e. The Morgan fingerprint density at radius 3 is 2.55 bits per heavy atom. The summed E-state index contributed by atoms with van der Waals surface area (Å²) in [5, 5.41) is 2.70. The van der Waals surface area contributed by atoms with Crippen molar-refractivity contribution in [3.8, 4) is 11.5 Å². The smallest absolute Gasteiger partial charge is 0.339 e. The van der Waals surface area contributed by atoms with Crippen molar-refractivity contribution in [1.82, 2.24) is 0 Å². The van der Waals surface area contributed by atoms with Crippen LogP contribution in [-0.2, 0) is 14.3 Å². The van der Waals surface area contributed by atoms with E-state index in [1.54, 1.807) is 18.2 Å². The zero-order chi connectivity index (χ0) is 21.6. The molecule has 0 aliphatic rings. The molecular weight excluding hydrogens is 400 g/mol. The Morgan fingerprint density at radius 1 is 1.21 bits per heavy atom. The van der Waals surface area contributed by atoms with Crippen molar-refractivity contribution < 1.29 is 28.6 Å². The van der Waals surface area contributed by atoms with E-state index < -0.39 is 30.5 Å². The van der Waals surface area contributed by atoms with Crippen molar-refractivity contribution >= 4 is 35.1 Å².